The van der Waals surface area contributed by atoms with Crippen molar-refractivity contribution < 1.29 is 18.4 Å². The number of hydrogen-bond acceptors (Lipinski definition) is 6. The zero-order valence-corrected chi connectivity index (χ0v) is 18.4. The van der Waals surface area contributed by atoms with E-state index in [1.165, 1.54) is 12.1 Å². The van der Waals surface area contributed by atoms with Crippen molar-refractivity contribution in [3.8, 4) is 22.9 Å². The highest BCUT2D eigenvalue weighted by Gasteiger charge is 2.34. The van der Waals surface area contributed by atoms with Crippen LogP contribution in [0.4, 0.5) is 4.39 Å². The summed E-state index contributed by atoms with van der Waals surface area (Å²) in [6, 6.07) is 11.5. The average molecular weight is 453 g/mol. The van der Waals surface area contributed by atoms with Gasteiger partial charge < -0.3 is 24.2 Å². The Morgan fingerprint density at radius 2 is 2.03 bits per heavy atom. The van der Waals surface area contributed by atoms with Gasteiger partial charge in [-0.2, -0.15) is 4.98 Å². The zero-order chi connectivity index (χ0) is 22.2. The minimum Gasteiger partial charge on any atom is -0.454 e. The van der Waals surface area contributed by atoms with E-state index in [1.54, 1.807) is 6.07 Å². The van der Waals surface area contributed by atoms with Gasteiger partial charge in [0.05, 0.1) is 11.6 Å². The Bertz CT molecular complexity index is 1230. The molecule has 0 radical (unpaired) electrons. The maximum Gasteiger partial charge on any atom is 0.258 e. The van der Waals surface area contributed by atoms with E-state index in [-0.39, 0.29) is 12.6 Å². The van der Waals surface area contributed by atoms with E-state index in [2.05, 4.69) is 22.4 Å². The Morgan fingerprint density at radius 3 is 2.84 bits per heavy atom. The number of ether oxygens (including phenoxy) is 2. The minimum atomic E-state index is -0.420. The number of nitrogens with one attached hydrogen (secondary N) is 1. The Kier molecular flexibility index (Phi) is 5.26. The molecular formula is C23H21FN4O3S. The van der Waals surface area contributed by atoms with E-state index in [0.29, 0.717) is 28.3 Å². The molecular weight excluding hydrogens is 431 g/mol. The van der Waals surface area contributed by atoms with E-state index < -0.39 is 6.04 Å². The van der Waals surface area contributed by atoms with Crippen LogP contribution in [-0.2, 0) is 0 Å². The highest BCUT2D eigenvalue weighted by Crippen LogP contribution is 2.39. The number of allylic oxidation sites excluding steroid dienone is 1. The molecule has 0 spiro atoms. The van der Waals surface area contributed by atoms with Crippen LogP contribution in [0.2, 0.25) is 0 Å². The standard InChI is InChI=1S/C23H21FN4O3S/c1-3-9-28-13(2)19(20(25-23(28)32)14-5-4-6-16(24)10-14)22-26-21(27-31-22)15-7-8-17-18(11-15)30-12-29-17/h4-8,10-11,20H,3,9,12H2,1-2H3,(H,25,32). The SMILES string of the molecule is CCCN1C(=S)NC(c2cccc(F)c2)C(c2nc(-c3ccc4c(c3)OCO4)no2)=C1C. The summed E-state index contributed by atoms with van der Waals surface area (Å²) < 4.78 is 30.5. The molecule has 1 atom stereocenters. The largest absolute Gasteiger partial charge is 0.454 e. The molecule has 3 aromatic rings. The molecule has 5 rings (SSSR count). The summed E-state index contributed by atoms with van der Waals surface area (Å²) in [6.07, 6.45) is 0.906. The highest BCUT2D eigenvalue weighted by atomic mass is 32.1. The second-order valence-corrected chi connectivity index (χ2v) is 7.97. The quantitative estimate of drug-likeness (QED) is 0.560. The van der Waals surface area contributed by atoms with Gasteiger partial charge in [0.15, 0.2) is 16.6 Å². The van der Waals surface area contributed by atoms with Crippen molar-refractivity contribution in [3.63, 3.8) is 0 Å². The van der Waals surface area contributed by atoms with E-state index in [0.717, 1.165) is 35.4 Å². The van der Waals surface area contributed by atoms with Gasteiger partial charge in [-0.05, 0) is 61.5 Å². The zero-order valence-electron chi connectivity index (χ0n) is 17.6. The minimum absolute atomic E-state index is 0.191. The second-order valence-electron chi connectivity index (χ2n) is 7.58. The van der Waals surface area contributed by atoms with Crippen LogP contribution in [0.15, 0.2) is 52.7 Å². The Hall–Kier alpha value is -3.46. The predicted molar refractivity (Wildman–Crippen MR) is 120 cm³/mol. The molecule has 9 heteroatoms. The molecule has 164 valence electrons. The van der Waals surface area contributed by atoms with Gasteiger partial charge >= 0.3 is 0 Å². The van der Waals surface area contributed by atoms with Gasteiger partial charge in [-0.1, -0.05) is 24.2 Å². The summed E-state index contributed by atoms with van der Waals surface area (Å²) in [7, 11) is 0. The first-order valence-electron chi connectivity index (χ1n) is 10.3. The number of thiocarbonyl (C=S) groups is 1. The first-order chi connectivity index (χ1) is 15.5. The topological polar surface area (TPSA) is 72.7 Å². The number of benzene rings is 2. The van der Waals surface area contributed by atoms with Crippen molar-refractivity contribution in [1.29, 1.82) is 0 Å². The van der Waals surface area contributed by atoms with Gasteiger partial charge in [0, 0.05) is 17.8 Å². The third-order valence-electron chi connectivity index (χ3n) is 5.51. The third-order valence-corrected chi connectivity index (χ3v) is 5.85. The average Bonchev–Trinajstić information content (AvgIpc) is 3.45. The third kappa shape index (κ3) is 3.58. The van der Waals surface area contributed by atoms with Crippen LogP contribution in [0.5, 0.6) is 11.5 Å². The van der Waals surface area contributed by atoms with Crippen LogP contribution >= 0.6 is 12.2 Å². The van der Waals surface area contributed by atoms with Crippen molar-refractivity contribution in [2.75, 3.05) is 13.3 Å². The summed E-state index contributed by atoms with van der Waals surface area (Å²) in [5.41, 5.74) is 3.12. The number of rotatable bonds is 5. The molecule has 1 aromatic heterocycles. The van der Waals surface area contributed by atoms with Gasteiger partial charge in [-0.15, -0.1) is 0 Å². The maximum absolute atomic E-state index is 14.0. The fourth-order valence-electron chi connectivity index (χ4n) is 3.97. The summed E-state index contributed by atoms with van der Waals surface area (Å²) >= 11 is 5.60. The van der Waals surface area contributed by atoms with E-state index in [1.807, 2.05) is 36.1 Å². The maximum atomic E-state index is 14.0. The van der Waals surface area contributed by atoms with Gasteiger partial charge in [0.2, 0.25) is 12.6 Å². The lowest BCUT2D eigenvalue weighted by Gasteiger charge is -2.37. The molecule has 0 aliphatic carbocycles. The Labute approximate surface area is 189 Å². The lowest BCUT2D eigenvalue weighted by atomic mass is 9.94. The highest BCUT2D eigenvalue weighted by molar-refractivity contribution is 7.80. The predicted octanol–water partition coefficient (Wildman–Crippen LogP) is 4.68. The Balaban J connectivity index is 1.58. The smallest absolute Gasteiger partial charge is 0.258 e. The summed E-state index contributed by atoms with van der Waals surface area (Å²) in [4.78, 5) is 6.67. The molecule has 0 saturated carbocycles. The molecule has 0 amide bonds. The van der Waals surface area contributed by atoms with Gasteiger partial charge in [-0.3, -0.25) is 0 Å². The van der Waals surface area contributed by atoms with E-state index in [9.17, 15) is 4.39 Å². The van der Waals surface area contributed by atoms with Gasteiger partial charge in [0.1, 0.15) is 5.82 Å². The molecule has 1 unspecified atom stereocenters. The van der Waals surface area contributed by atoms with Crippen molar-refractivity contribution in [2.24, 2.45) is 0 Å². The molecule has 0 fully saturated rings. The lowest BCUT2D eigenvalue weighted by molar-refractivity contribution is 0.174. The molecule has 0 bridgehead atoms. The number of fused-ring (bicyclic) bond motifs is 1. The van der Waals surface area contributed by atoms with Crippen LogP contribution < -0.4 is 14.8 Å². The summed E-state index contributed by atoms with van der Waals surface area (Å²) in [5, 5.41) is 8.09. The molecule has 0 saturated heterocycles. The van der Waals surface area contributed by atoms with Crippen molar-refractivity contribution in [2.45, 2.75) is 26.3 Å². The van der Waals surface area contributed by atoms with Gasteiger partial charge in [-0.25, -0.2) is 4.39 Å². The fraction of sp³-hybridized carbons (Fsp3) is 0.261. The van der Waals surface area contributed by atoms with Crippen LogP contribution in [-0.4, -0.2) is 33.5 Å². The van der Waals surface area contributed by atoms with Crippen LogP contribution in [0.25, 0.3) is 17.0 Å². The lowest BCUT2D eigenvalue weighted by Crippen LogP contribution is -2.46. The second kappa shape index (κ2) is 8.23. The molecule has 2 aliphatic heterocycles. The summed E-state index contributed by atoms with van der Waals surface area (Å²) in [5.74, 6) is 1.77. The molecule has 2 aromatic carbocycles. The number of aromatic nitrogens is 2. The number of halogens is 1. The normalized spacial score (nSPS) is 17.7. The Morgan fingerprint density at radius 1 is 1.19 bits per heavy atom. The first kappa shape index (κ1) is 20.4. The first-order valence-corrected chi connectivity index (χ1v) is 10.7. The van der Waals surface area contributed by atoms with Crippen LogP contribution in [0.3, 0.4) is 0 Å². The molecule has 1 N–H and O–H groups in total. The number of nitrogens with zero attached hydrogens (tertiary/aromatic N) is 3. The molecule has 32 heavy (non-hydrogen) atoms. The molecule has 2 aliphatic rings. The van der Waals surface area contributed by atoms with Crippen molar-refractivity contribution >= 4 is 22.9 Å². The van der Waals surface area contributed by atoms with Crippen LogP contribution in [0, 0.1) is 5.82 Å². The van der Waals surface area contributed by atoms with Gasteiger partial charge in [0.25, 0.3) is 5.89 Å². The van der Waals surface area contributed by atoms with E-state index >= 15 is 0 Å². The number of hydrogen-bond donors (Lipinski definition) is 1. The molecule has 7 nitrogen and oxygen atoms in total. The van der Waals surface area contributed by atoms with Crippen molar-refractivity contribution in [3.05, 3.63) is 65.4 Å². The van der Waals surface area contributed by atoms with E-state index in [4.69, 9.17) is 26.2 Å². The summed E-state index contributed by atoms with van der Waals surface area (Å²) in [6.45, 7) is 4.98. The fourth-order valence-corrected chi connectivity index (χ4v) is 4.32. The molecule has 3 heterocycles. The van der Waals surface area contributed by atoms with Crippen LogP contribution in [0.1, 0.15) is 37.8 Å². The van der Waals surface area contributed by atoms with Crippen molar-refractivity contribution in [1.82, 2.24) is 20.4 Å². The monoisotopic (exact) mass is 452 g/mol.